The minimum absolute atomic E-state index is 0.111. The van der Waals surface area contributed by atoms with Crippen LogP contribution < -0.4 is 0 Å². The molecule has 0 spiro atoms. The van der Waals surface area contributed by atoms with Gasteiger partial charge in [-0.1, -0.05) is 17.7 Å². The number of sulfonamides is 2. The molecule has 0 amide bonds. The van der Waals surface area contributed by atoms with Crippen LogP contribution in [0.5, 0.6) is 0 Å². The molecule has 0 saturated carbocycles. The lowest BCUT2D eigenvalue weighted by molar-refractivity contribution is 0.273. The predicted octanol–water partition coefficient (Wildman–Crippen LogP) is 3.33. The van der Waals surface area contributed by atoms with Gasteiger partial charge in [0.1, 0.15) is 4.21 Å². The Morgan fingerprint density at radius 3 is 1.71 bits per heavy atom. The first kappa shape index (κ1) is 21.7. The summed E-state index contributed by atoms with van der Waals surface area (Å²) in [5, 5.41) is 0. The number of rotatable bonds is 4. The second kappa shape index (κ2) is 7.70. The predicted molar refractivity (Wildman–Crippen MR) is 112 cm³/mol. The van der Waals surface area contributed by atoms with Crippen molar-refractivity contribution in [2.45, 2.75) is 36.8 Å². The second-order valence-corrected chi connectivity index (χ2v) is 12.7. The van der Waals surface area contributed by atoms with Gasteiger partial charge in [0.15, 0.2) is 0 Å². The van der Waals surface area contributed by atoms with Crippen molar-refractivity contribution >= 4 is 43.0 Å². The first-order chi connectivity index (χ1) is 13.0. The minimum Gasteiger partial charge on any atom is -0.207 e. The largest absolute Gasteiger partial charge is 0.252 e. The van der Waals surface area contributed by atoms with Crippen molar-refractivity contribution in [1.82, 2.24) is 8.61 Å². The first-order valence-electron chi connectivity index (χ1n) is 8.79. The van der Waals surface area contributed by atoms with Gasteiger partial charge in [-0.15, -0.1) is 11.3 Å². The standard InChI is InChI=1S/C18H23ClN2O4S3/c1-12-11-13(2)15(4)18(14(12)3)28(24,25)21-9-7-20(8-10-21)27(22,23)17-6-5-16(19)26-17/h5-6,11H,7-10H2,1-4H3. The lowest BCUT2D eigenvalue weighted by Gasteiger charge is -2.33. The molecule has 1 aromatic heterocycles. The number of thiophene rings is 1. The molecule has 0 atom stereocenters. The first-order valence-corrected chi connectivity index (χ1v) is 12.9. The highest BCUT2D eigenvalue weighted by atomic mass is 35.5. The van der Waals surface area contributed by atoms with Gasteiger partial charge in [-0.05, 0) is 62.1 Å². The lowest BCUT2D eigenvalue weighted by Crippen LogP contribution is -2.50. The summed E-state index contributed by atoms with van der Waals surface area (Å²) in [6.07, 6.45) is 0. The van der Waals surface area contributed by atoms with Crippen LogP contribution in [0.3, 0.4) is 0 Å². The fraction of sp³-hybridized carbons (Fsp3) is 0.444. The Hall–Kier alpha value is -0.970. The molecule has 0 aliphatic carbocycles. The summed E-state index contributed by atoms with van der Waals surface area (Å²) in [4.78, 5) is 0.339. The van der Waals surface area contributed by atoms with Crippen molar-refractivity contribution in [2.75, 3.05) is 26.2 Å². The zero-order chi connectivity index (χ0) is 20.9. The Kier molecular flexibility index (Phi) is 5.97. The van der Waals surface area contributed by atoms with E-state index in [1.165, 1.54) is 14.7 Å². The molecule has 2 aromatic rings. The van der Waals surface area contributed by atoms with Crippen LogP contribution >= 0.6 is 22.9 Å². The van der Waals surface area contributed by atoms with E-state index in [0.717, 1.165) is 33.6 Å². The van der Waals surface area contributed by atoms with Gasteiger partial charge in [-0.2, -0.15) is 8.61 Å². The fourth-order valence-electron chi connectivity index (χ4n) is 3.41. The molecule has 1 fully saturated rings. The highest BCUT2D eigenvalue weighted by Crippen LogP contribution is 2.31. The smallest absolute Gasteiger partial charge is 0.207 e. The van der Waals surface area contributed by atoms with Crippen LogP contribution in [0.4, 0.5) is 0 Å². The highest BCUT2D eigenvalue weighted by molar-refractivity contribution is 7.91. The Morgan fingerprint density at radius 2 is 1.29 bits per heavy atom. The van der Waals surface area contributed by atoms with Crippen molar-refractivity contribution in [2.24, 2.45) is 0 Å². The highest BCUT2D eigenvalue weighted by Gasteiger charge is 2.36. The summed E-state index contributed by atoms with van der Waals surface area (Å²) in [6.45, 7) is 7.89. The topological polar surface area (TPSA) is 74.8 Å². The molecule has 0 unspecified atom stereocenters. The summed E-state index contributed by atoms with van der Waals surface area (Å²) in [7, 11) is -7.36. The number of hydrogen-bond acceptors (Lipinski definition) is 5. The fourth-order valence-corrected chi connectivity index (χ4v) is 8.47. The van der Waals surface area contributed by atoms with Gasteiger partial charge in [-0.25, -0.2) is 16.8 Å². The SMILES string of the molecule is Cc1cc(C)c(C)c(S(=O)(=O)N2CCN(S(=O)(=O)c3ccc(Cl)s3)CC2)c1C. The Morgan fingerprint density at radius 1 is 0.821 bits per heavy atom. The number of aryl methyl sites for hydroxylation is 2. The van der Waals surface area contributed by atoms with Gasteiger partial charge in [0.25, 0.3) is 10.0 Å². The van der Waals surface area contributed by atoms with E-state index in [-0.39, 0.29) is 30.4 Å². The number of benzene rings is 1. The van der Waals surface area contributed by atoms with Crippen molar-refractivity contribution < 1.29 is 16.8 Å². The normalized spacial score (nSPS) is 17.2. The molecule has 28 heavy (non-hydrogen) atoms. The van der Waals surface area contributed by atoms with Crippen LogP contribution in [-0.4, -0.2) is 51.6 Å². The van der Waals surface area contributed by atoms with E-state index in [0.29, 0.717) is 9.23 Å². The molecule has 1 saturated heterocycles. The third-order valence-corrected chi connectivity index (χ3v) is 11.0. The van der Waals surface area contributed by atoms with Gasteiger partial charge in [0.2, 0.25) is 10.0 Å². The Labute approximate surface area is 175 Å². The molecular formula is C18H23ClN2O4S3. The average molecular weight is 463 g/mol. The van der Waals surface area contributed by atoms with Crippen LogP contribution in [0, 0.1) is 27.7 Å². The van der Waals surface area contributed by atoms with Gasteiger partial charge in [-0.3, -0.25) is 0 Å². The number of piperazine rings is 1. The van der Waals surface area contributed by atoms with Crippen molar-refractivity contribution in [3.05, 3.63) is 44.8 Å². The summed E-state index contributed by atoms with van der Waals surface area (Å²) in [6, 6.07) is 5.01. The van der Waals surface area contributed by atoms with Gasteiger partial charge < -0.3 is 0 Å². The molecule has 1 aliphatic heterocycles. The van der Waals surface area contributed by atoms with Gasteiger partial charge >= 0.3 is 0 Å². The molecule has 154 valence electrons. The van der Waals surface area contributed by atoms with Crippen LogP contribution in [0.2, 0.25) is 4.34 Å². The van der Waals surface area contributed by atoms with Crippen molar-refractivity contribution in [3.8, 4) is 0 Å². The van der Waals surface area contributed by atoms with E-state index >= 15 is 0 Å². The molecule has 0 N–H and O–H groups in total. The van der Waals surface area contributed by atoms with E-state index in [1.807, 2.05) is 33.8 Å². The number of nitrogens with zero attached hydrogens (tertiary/aromatic N) is 2. The molecule has 6 nitrogen and oxygen atoms in total. The van der Waals surface area contributed by atoms with E-state index < -0.39 is 20.0 Å². The van der Waals surface area contributed by atoms with Gasteiger partial charge in [0, 0.05) is 26.2 Å². The van der Waals surface area contributed by atoms with E-state index in [4.69, 9.17) is 11.6 Å². The number of halogens is 1. The second-order valence-electron chi connectivity index (χ2n) is 6.96. The molecule has 0 radical (unpaired) electrons. The van der Waals surface area contributed by atoms with Crippen LogP contribution in [0.1, 0.15) is 22.3 Å². The maximum Gasteiger partial charge on any atom is 0.252 e. The zero-order valence-electron chi connectivity index (χ0n) is 16.2. The molecule has 2 heterocycles. The average Bonchev–Trinajstić information content (AvgIpc) is 3.07. The van der Waals surface area contributed by atoms with Crippen molar-refractivity contribution in [3.63, 3.8) is 0 Å². The molecule has 10 heteroatoms. The van der Waals surface area contributed by atoms with Crippen LogP contribution in [0.15, 0.2) is 27.3 Å². The van der Waals surface area contributed by atoms with E-state index in [2.05, 4.69) is 0 Å². The maximum absolute atomic E-state index is 13.3. The molecule has 3 rings (SSSR count). The van der Waals surface area contributed by atoms with Gasteiger partial charge in [0.05, 0.1) is 9.23 Å². The number of hydrogen-bond donors (Lipinski definition) is 0. The zero-order valence-corrected chi connectivity index (χ0v) is 19.4. The molecule has 1 aliphatic rings. The summed E-state index contributed by atoms with van der Waals surface area (Å²) < 4.78 is 55.4. The summed E-state index contributed by atoms with van der Waals surface area (Å²) in [5.41, 5.74) is 3.34. The minimum atomic E-state index is -3.70. The molecule has 0 bridgehead atoms. The lowest BCUT2D eigenvalue weighted by atomic mass is 10.0. The molecular weight excluding hydrogens is 440 g/mol. The van der Waals surface area contributed by atoms with E-state index in [1.54, 1.807) is 6.07 Å². The quantitative estimate of drug-likeness (QED) is 0.698. The van der Waals surface area contributed by atoms with Crippen molar-refractivity contribution in [1.29, 1.82) is 0 Å². The van der Waals surface area contributed by atoms with Crippen LogP contribution in [0.25, 0.3) is 0 Å². The Balaban J connectivity index is 1.86. The third-order valence-electron chi connectivity index (χ3n) is 5.24. The third kappa shape index (κ3) is 3.76. The summed E-state index contributed by atoms with van der Waals surface area (Å²) in [5.74, 6) is 0. The summed E-state index contributed by atoms with van der Waals surface area (Å²) >= 11 is 6.86. The van der Waals surface area contributed by atoms with E-state index in [9.17, 15) is 16.8 Å². The molecule has 1 aromatic carbocycles. The maximum atomic E-state index is 13.3. The Bertz CT molecular complexity index is 1090. The monoisotopic (exact) mass is 462 g/mol. The van der Waals surface area contributed by atoms with Crippen LogP contribution in [-0.2, 0) is 20.0 Å².